The third kappa shape index (κ3) is 5.47. The molecule has 1 heterocycles. The molecule has 1 fully saturated rings. The van der Waals surface area contributed by atoms with Gasteiger partial charge in [0.2, 0.25) is 5.91 Å². The van der Waals surface area contributed by atoms with E-state index in [0.29, 0.717) is 19.6 Å². The summed E-state index contributed by atoms with van der Waals surface area (Å²) in [6.45, 7) is 0.996. The number of nitrogens with one attached hydrogen (secondary N) is 1. The van der Waals surface area contributed by atoms with Gasteiger partial charge >= 0.3 is 12.1 Å². The van der Waals surface area contributed by atoms with Crippen LogP contribution in [0.3, 0.4) is 0 Å². The fraction of sp³-hybridized carbons (Fsp3) is 0.370. The van der Waals surface area contributed by atoms with Gasteiger partial charge in [0.15, 0.2) is 0 Å². The topological polar surface area (TPSA) is 105 Å². The smallest absolute Gasteiger partial charge is 0.407 e. The summed E-state index contributed by atoms with van der Waals surface area (Å²) in [7, 11) is 0. The lowest BCUT2D eigenvalue weighted by molar-refractivity contribution is -0.138. The van der Waals surface area contributed by atoms with E-state index >= 15 is 0 Å². The number of amides is 2. The molecule has 1 aliphatic carbocycles. The summed E-state index contributed by atoms with van der Waals surface area (Å²) in [5.41, 5.74) is 4.36. The second-order valence-corrected chi connectivity index (χ2v) is 8.64. The Labute approximate surface area is 204 Å². The summed E-state index contributed by atoms with van der Waals surface area (Å²) < 4.78 is 10.9. The molecule has 0 aromatic heterocycles. The number of nitrogens with zero attached hydrogens (tertiary/aromatic N) is 1. The van der Waals surface area contributed by atoms with Gasteiger partial charge in [-0.3, -0.25) is 9.59 Å². The van der Waals surface area contributed by atoms with Crippen LogP contribution in [-0.4, -0.2) is 66.4 Å². The highest BCUT2D eigenvalue weighted by atomic mass is 16.5. The van der Waals surface area contributed by atoms with Gasteiger partial charge in [0, 0.05) is 18.9 Å². The fourth-order valence-electron chi connectivity index (χ4n) is 4.76. The standard InChI is InChI=1S/C27H28N2O6/c1-2-14-29(18-13-15-34-16-18)26(32)24(11-12-25(30)31)28-27(33)35-17-23-21-9-5-3-7-19(21)20-8-4-6-10-22(20)23/h1,3-10,18,23-24H,11-17H2,(H,28,33)(H,30,31). The maximum atomic E-state index is 13.3. The van der Waals surface area contributed by atoms with Crippen molar-refractivity contribution in [2.45, 2.75) is 37.3 Å². The molecule has 2 atom stereocenters. The van der Waals surface area contributed by atoms with Gasteiger partial charge in [-0.15, -0.1) is 6.42 Å². The average molecular weight is 477 g/mol. The molecular formula is C27H28N2O6. The van der Waals surface area contributed by atoms with E-state index in [9.17, 15) is 14.4 Å². The molecule has 1 saturated heterocycles. The summed E-state index contributed by atoms with van der Waals surface area (Å²) in [5, 5.41) is 11.7. The molecule has 1 aliphatic heterocycles. The van der Waals surface area contributed by atoms with Gasteiger partial charge < -0.3 is 24.8 Å². The second kappa shape index (κ2) is 11.1. The summed E-state index contributed by atoms with van der Waals surface area (Å²) in [6.07, 6.45) is 4.95. The zero-order valence-corrected chi connectivity index (χ0v) is 19.3. The average Bonchev–Trinajstić information content (AvgIpc) is 3.50. The Balaban J connectivity index is 1.45. The van der Waals surface area contributed by atoms with E-state index in [1.807, 2.05) is 48.5 Å². The van der Waals surface area contributed by atoms with Gasteiger partial charge in [-0.2, -0.15) is 0 Å². The number of fused-ring (bicyclic) bond motifs is 3. The van der Waals surface area contributed by atoms with Gasteiger partial charge in [-0.25, -0.2) is 4.79 Å². The Kier molecular flexibility index (Phi) is 7.68. The predicted octanol–water partition coefficient (Wildman–Crippen LogP) is 3.01. The third-order valence-corrected chi connectivity index (χ3v) is 6.47. The maximum absolute atomic E-state index is 13.3. The van der Waals surface area contributed by atoms with E-state index in [4.69, 9.17) is 21.0 Å². The predicted molar refractivity (Wildman–Crippen MR) is 129 cm³/mol. The zero-order chi connectivity index (χ0) is 24.8. The van der Waals surface area contributed by atoms with Crippen LogP contribution < -0.4 is 5.32 Å². The van der Waals surface area contributed by atoms with Gasteiger partial charge in [-0.1, -0.05) is 54.5 Å². The highest BCUT2D eigenvalue weighted by molar-refractivity contribution is 5.87. The quantitative estimate of drug-likeness (QED) is 0.539. The van der Waals surface area contributed by atoms with Gasteiger partial charge in [0.05, 0.1) is 19.2 Å². The molecule has 2 unspecified atom stereocenters. The molecule has 0 saturated carbocycles. The third-order valence-electron chi connectivity index (χ3n) is 6.47. The highest BCUT2D eigenvalue weighted by Crippen LogP contribution is 2.44. The lowest BCUT2D eigenvalue weighted by Crippen LogP contribution is -2.52. The molecule has 2 aliphatic rings. The van der Waals surface area contributed by atoms with Crippen molar-refractivity contribution in [3.8, 4) is 23.5 Å². The SMILES string of the molecule is C#CCN(C(=O)C(CCC(=O)O)NC(=O)OCC1c2ccccc2-c2ccccc21)C1CCOC1. The molecule has 2 N–H and O–H groups in total. The lowest BCUT2D eigenvalue weighted by atomic mass is 9.98. The van der Waals surface area contributed by atoms with Crippen molar-refractivity contribution in [2.24, 2.45) is 0 Å². The first kappa shape index (κ1) is 24.3. The van der Waals surface area contributed by atoms with Crippen molar-refractivity contribution in [3.05, 3.63) is 59.7 Å². The number of terminal acetylenes is 1. The number of hydrogen-bond donors (Lipinski definition) is 2. The number of hydrogen-bond acceptors (Lipinski definition) is 5. The van der Waals surface area contributed by atoms with Crippen LogP contribution in [0.1, 0.15) is 36.3 Å². The monoisotopic (exact) mass is 476 g/mol. The molecule has 0 bridgehead atoms. The first-order valence-electron chi connectivity index (χ1n) is 11.6. The molecule has 8 heteroatoms. The minimum absolute atomic E-state index is 0.0444. The molecule has 35 heavy (non-hydrogen) atoms. The molecule has 182 valence electrons. The van der Waals surface area contributed by atoms with E-state index < -0.39 is 24.0 Å². The van der Waals surface area contributed by atoms with Crippen LogP contribution in [-0.2, 0) is 19.1 Å². The van der Waals surface area contributed by atoms with Crippen LogP contribution in [0, 0.1) is 12.3 Å². The molecule has 8 nitrogen and oxygen atoms in total. The van der Waals surface area contributed by atoms with Crippen molar-refractivity contribution in [1.29, 1.82) is 0 Å². The number of carbonyl (C=O) groups is 3. The van der Waals surface area contributed by atoms with Crippen LogP contribution >= 0.6 is 0 Å². The first-order chi connectivity index (χ1) is 17.0. The second-order valence-electron chi connectivity index (χ2n) is 8.64. The van der Waals surface area contributed by atoms with Crippen LogP contribution in [0.5, 0.6) is 0 Å². The first-order valence-corrected chi connectivity index (χ1v) is 11.6. The normalized spacial score (nSPS) is 17.1. The van der Waals surface area contributed by atoms with E-state index in [1.54, 1.807) is 0 Å². The summed E-state index contributed by atoms with van der Waals surface area (Å²) in [4.78, 5) is 38.7. The van der Waals surface area contributed by atoms with Gasteiger partial charge in [0.1, 0.15) is 12.6 Å². The van der Waals surface area contributed by atoms with E-state index in [1.165, 1.54) is 4.90 Å². The number of carboxylic acid groups (broad SMARTS) is 1. The fourth-order valence-corrected chi connectivity index (χ4v) is 4.76. The molecule has 0 spiro atoms. The van der Waals surface area contributed by atoms with E-state index in [0.717, 1.165) is 22.3 Å². The number of carboxylic acids is 1. The minimum atomic E-state index is -1.07. The number of alkyl carbamates (subject to hydrolysis) is 1. The number of ether oxygens (including phenoxy) is 2. The Morgan fingerprint density at radius 2 is 1.80 bits per heavy atom. The van der Waals surface area contributed by atoms with Crippen LogP contribution in [0.4, 0.5) is 4.79 Å². The van der Waals surface area contributed by atoms with Gasteiger partial charge in [0.25, 0.3) is 0 Å². The Hall–Kier alpha value is -3.83. The van der Waals surface area contributed by atoms with Crippen molar-refractivity contribution in [3.63, 3.8) is 0 Å². The zero-order valence-electron chi connectivity index (χ0n) is 19.3. The Morgan fingerprint density at radius 3 is 2.37 bits per heavy atom. The maximum Gasteiger partial charge on any atom is 0.407 e. The molecule has 4 rings (SSSR count). The van der Waals surface area contributed by atoms with Crippen LogP contribution in [0.25, 0.3) is 11.1 Å². The summed E-state index contributed by atoms with van der Waals surface area (Å²) in [5.74, 6) is 0.837. The van der Waals surface area contributed by atoms with Crippen molar-refractivity contribution < 1.29 is 29.0 Å². The largest absolute Gasteiger partial charge is 0.481 e. The Morgan fingerprint density at radius 1 is 1.14 bits per heavy atom. The number of carbonyl (C=O) groups excluding carboxylic acids is 2. The van der Waals surface area contributed by atoms with Crippen LogP contribution in [0.2, 0.25) is 0 Å². The number of aliphatic carboxylic acids is 1. The van der Waals surface area contributed by atoms with Gasteiger partial charge in [-0.05, 0) is 35.1 Å². The summed E-state index contributed by atoms with van der Waals surface area (Å²) in [6, 6.07) is 14.7. The van der Waals surface area contributed by atoms with Crippen LogP contribution in [0.15, 0.2) is 48.5 Å². The molecule has 2 amide bonds. The lowest BCUT2D eigenvalue weighted by Gasteiger charge is -2.30. The van der Waals surface area contributed by atoms with Crippen molar-refractivity contribution in [2.75, 3.05) is 26.4 Å². The van der Waals surface area contributed by atoms with Crippen molar-refractivity contribution in [1.82, 2.24) is 10.2 Å². The molecule has 0 radical (unpaired) electrons. The number of benzene rings is 2. The Bertz CT molecular complexity index is 1090. The highest BCUT2D eigenvalue weighted by Gasteiger charge is 2.34. The van der Waals surface area contributed by atoms with E-state index in [2.05, 4.69) is 11.2 Å². The van der Waals surface area contributed by atoms with E-state index in [-0.39, 0.29) is 38.0 Å². The molecule has 2 aromatic rings. The molecular weight excluding hydrogens is 448 g/mol. The summed E-state index contributed by atoms with van der Waals surface area (Å²) >= 11 is 0. The number of rotatable bonds is 9. The van der Waals surface area contributed by atoms with Crippen molar-refractivity contribution >= 4 is 18.0 Å². The minimum Gasteiger partial charge on any atom is -0.481 e. The molecule has 2 aromatic carbocycles.